The molecule has 0 fully saturated rings. The summed E-state index contributed by atoms with van der Waals surface area (Å²) in [4.78, 5) is 8.52. The van der Waals surface area contributed by atoms with E-state index in [2.05, 4.69) is 29.1 Å². The van der Waals surface area contributed by atoms with Crippen LogP contribution < -0.4 is 5.32 Å². The zero-order valence-electron chi connectivity index (χ0n) is 8.76. The summed E-state index contributed by atoms with van der Waals surface area (Å²) in [5.41, 5.74) is 2.08. The van der Waals surface area contributed by atoms with Crippen LogP contribution in [0.2, 0.25) is 0 Å². The van der Waals surface area contributed by atoms with Gasteiger partial charge in [0.2, 0.25) is 0 Å². The van der Waals surface area contributed by atoms with E-state index in [4.69, 9.17) is 0 Å². The van der Waals surface area contributed by atoms with E-state index >= 15 is 0 Å². The van der Waals surface area contributed by atoms with Gasteiger partial charge in [-0.05, 0) is 27.8 Å². The van der Waals surface area contributed by atoms with Crippen molar-refractivity contribution in [1.82, 2.24) is 15.3 Å². The van der Waals surface area contributed by atoms with Crippen molar-refractivity contribution in [3.05, 3.63) is 23.8 Å². The normalized spacial score (nSPS) is 11.7. The molecule has 0 aliphatic heterocycles. The van der Waals surface area contributed by atoms with Gasteiger partial charge in [0, 0.05) is 24.4 Å². The van der Waals surface area contributed by atoms with Crippen LogP contribution in [0.3, 0.4) is 0 Å². The van der Waals surface area contributed by atoms with E-state index in [0.29, 0.717) is 0 Å². The molecule has 0 saturated heterocycles. The lowest BCUT2D eigenvalue weighted by Crippen LogP contribution is -2.38. The number of aryl methyl sites for hydroxylation is 1. The van der Waals surface area contributed by atoms with E-state index in [-0.39, 0.29) is 5.54 Å². The molecule has 3 heteroatoms. The lowest BCUT2D eigenvalue weighted by Gasteiger charge is -2.23. The van der Waals surface area contributed by atoms with Crippen molar-refractivity contribution in [1.29, 1.82) is 0 Å². The van der Waals surface area contributed by atoms with E-state index in [1.54, 1.807) is 6.20 Å². The Morgan fingerprint density at radius 2 is 2.00 bits per heavy atom. The SMILES string of the molecule is CNC(C)(C)Cc1cnc(C)cn1. The topological polar surface area (TPSA) is 37.8 Å². The second-order valence-corrected chi connectivity index (χ2v) is 3.96. The Morgan fingerprint density at radius 1 is 1.31 bits per heavy atom. The summed E-state index contributed by atoms with van der Waals surface area (Å²) in [6, 6.07) is 0. The van der Waals surface area contributed by atoms with Crippen LogP contribution in [0.15, 0.2) is 12.4 Å². The van der Waals surface area contributed by atoms with Gasteiger partial charge in [-0.2, -0.15) is 0 Å². The first-order chi connectivity index (χ1) is 6.03. The third-order valence-corrected chi connectivity index (χ3v) is 2.13. The van der Waals surface area contributed by atoms with Crippen LogP contribution in [-0.4, -0.2) is 22.6 Å². The minimum Gasteiger partial charge on any atom is -0.314 e. The van der Waals surface area contributed by atoms with E-state index in [9.17, 15) is 0 Å². The molecule has 0 aliphatic rings. The Hall–Kier alpha value is -0.960. The van der Waals surface area contributed by atoms with Gasteiger partial charge in [0.05, 0.1) is 11.4 Å². The maximum Gasteiger partial charge on any atom is 0.0605 e. The van der Waals surface area contributed by atoms with Gasteiger partial charge in [-0.15, -0.1) is 0 Å². The smallest absolute Gasteiger partial charge is 0.0605 e. The maximum atomic E-state index is 4.31. The second kappa shape index (κ2) is 3.83. The van der Waals surface area contributed by atoms with Gasteiger partial charge in [-0.3, -0.25) is 9.97 Å². The molecule has 72 valence electrons. The average molecular weight is 179 g/mol. The average Bonchev–Trinajstić information content (AvgIpc) is 2.09. The molecular formula is C10H17N3. The molecule has 0 aliphatic carbocycles. The zero-order valence-corrected chi connectivity index (χ0v) is 8.76. The highest BCUT2D eigenvalue weighted by atomic mass is 14.9. The van der Waals surface area contributed by atoms with E-state index in [1.165, 1.54) is 0 Å². The molecule has 1 heterocycles. The second-order valence-electron chi connectivity index (χ2n) is 3.96. The first-order valence-corrected chi connectivity index (χ1v) is 4.50. The van der Waals surface area contributed by atoms with Crippen molar-refractivity contribution in [2.45, 2.75) is 32.7 Å². The van der Waals surface area contributed by atoms with Gasteiger partial charge in [-0.1, -0.05) is 0 Å². The van der Waals surface area contributed by atoms with E-state index in [1.807, 2.05) is 20.2 Å². The van der Waals surface area contributed by atoms with Crippen molar-refractivity contribution >= 4 is 0 Å². The first-order valence-electron chi connectivity index (χ1n) is 4.50. The van der Waals surface area contributed by atoms with Crippen molar-refractivity contribution in [3.63, 3.8) is 0 Å². The molecule has 1 aromatic heterocycles. The highest BCUT2D eigenvalue weighted by Crippen LogP contribution is 2.08. The fourth-order valence-corrected chi connectivity index (χ4v) is 1.05. The molecule has 0 aromatic carbocycles. The van der Waals surface area contributed by atoms with Gasteiger partial charge in [0.25, 0.3) is 0 Å². The van der Waals surface area contributed by atoms with Crippen LogP contribution in [0.4, 0.5) is 0 Å². The Morgan fingerprint density at radius 3 is 2.46 bits per heavy atom. The van der Waals surface area contributed by atoms with Crippen LogP contribution in [-0.2, 0) is 6.42 Å². The largest absolute Gasteiger partial charge is 0.314 e. The molecule has 1 N–H and O–H groups in total. The lowest BCUT2D eigenvalue weighted by molar-refractivity contribution is 0.417. The molecule has 0 spiro atoms. The number of aromatic nitrogens is 2. The molecule has 13 heavy (non-hydrogen) atoms. The van der Waals surface area contributed by atoms with Gasteiger partial charge in [-0.25, -0.2) is 0 Å². The standard InChI is InChI=1S/C10H17N3/c1-8-6-13-9(7-12-8)5-10(2,3)11-4/h6-7,11H,5H2,1-4H3. The third kappa shape index (κ3) is 3.11. The third-order valence-electron chi connectivity index (χ3n) is 2.13. The van der Waals surface area contributed by atoms with Crippen LogP contribution in [0.1, 0.15) is 25.2 Å². The highest BCUT2D eigenvalue weighted by molar-refractivity contribution is 5.04. The summed E-state index contributed by atoms with van der Waals surface area (Å²) in [6.07, 6.45) is 4.55. The fraction of sp³-hybridized carbons (Fsp3) is 0.600. The molecule has 0 saturated carbocycles. The monoisotopic (exact) mass is 179 g/mol. The summed E-state index contributed by atoms with van der Waals surface area (Å²) < 4.78 is 0. The molecule has 0 amide bonds. The van der Waals surface area contributed by atoms with Crippen LogP contribution in [0.25, 0.3) is 0 Å². The Balaban J connectivity index is 2.69. The number of nitrogens with one attached hydrogen (secondary N) is 1. The van der Waals surface area contributed by atoms with Crippen LogP contribution in [0, 0.1) is 6.92 Å². The van der Waals surface area contributed by atoms with Crippen molar-refractivity contribution in [2.24, 2.45) is 0 Å². The van der Waals surface area contributed by atoms with Crippen molar-refractivity contribution < 1.29 is 0 Å². The molecule has 3 nitrogen and oxygen atoms in total. The minimum atomic E-state index is 0.0872. The number of nitrogens with zero attached hydrogens (tertiary/aromatic N) is 2. The molecule has 0 atom stereocenters. The number of hydrogen-bond donors (Lipinski definition) is 1. The van der Waals surface area contributed by atoms with Crippen LogP contribution >= 0.6 is 0 Å². The lowest BCUT2D eigenvalue weighted by atomic mass is 9.99. The predicted molar refractivity (Wildman–Crippen MR) is 53.6 cm³/mol. The van der Waals surface area contributed by atoms with Gasteiger partial charge < -0.3 is 5.32 Å². The summed E-state index contributed by atoms with van der Waals surface area (Å²) in [7, 11) is 1.96. The molecule has 0 bridgehead atoms. The summed E-state index contributed by atoms with van der Waals surface area (Å²) in [6.45, 7) is 6.24. The molecular weight excluding hydrogens is 162 g/mol. The zero-order chi connectivity index (χ0) is 9.90. The van der Waals surface area contributed by atoms with Crippen LogP contribution in [0.5, 0.6) is 0 Å². The van der Waals surface area contributed by atoms with Gasteiger partial charge >= 0.3 is 0 Å². The minimum absolute atomic E-state index is 0.0872. The van der Waals surface area contributed by atoms with E-state index in [0.717, 1.165) is 17.8 Å². The molecule has 0 unspecified atom stereocenters. The number of likely N-dealkylation sites (N-methyl/N-ethyl adjacent to an activating group) is 1. The van der Waals surface area contributed by atoms with Gasteiger partial charge in [0.15, 0.2) is 0 Å². The van der Waals surface area contributed by atoms with Gasteiger partial charge in [0.1, 0.15) is 0 Å². The Bertz CT molecular complexity index is 264. The van der Waals surface area contributed by atoms with Crippen molar-refractivity contribution in [3.8, 4) is 0 Å². The maximum absolute atomic E-state index is 4.31. The van der Waals surface area contributed by atoms with E-state index < -0.39 is 0 Å². The predicted octanol–water partition coefficient (Wildman–Crippen LogP) is 1.33. The Kier molecular flexibility index (Phi) is 2.98. The first kappa shape index (κ1) is 10.1. The summed E-state index contributed by atoms with van der Waals surface area (Å²) in [5.74, 6) is 0. The Labute approximate surface area is 79.6 Å². The summed E-state index contributed by atoms with van der Waals surface area (Å²) >= 11 is 0. The quantitative estimate of drug-likeness (QED) is 0.760. The fourth-order valence-electron chi connectivity index (χ4n) is 1.05. The molecule has 1 aromatic rings. The van der Waals surface area contributed by atoms with Crippen molar-refractivity contribution in [2.75, 3.05) is 7.05 Å². The highest BCUT2D eigenvalue weighted by Gasteiger charge is 2.15. The number of rotatable bonds is 3. The number of hydrogen-bond acceptors (Lipinski definition) is 3. The summed E-state index contributed by atoms with van der Waals surface area (Å²) in [5, 5.41) is 3.24. The molecule has 1 rings (SSSR count). The molecule has 0 radical (unpaired) electrons.